The van der Waals surface area contributed by atoms with E-state index in [0.29, 0.717) is 22.0 Å². The monoisotopic (exact) mass is 421 g/mol. The van der Waals surface area contributed by atoms with Crippen molar-refractivity contribution in [2.75, 3.05) is 5.75 Å². The number of carbonyl (C=O) groups excluding carboxylic acids is 1. The Labute approximate surface area is 180 Å². The topological polar surface area (TPSA) is 64.0 Å². The zero-order valence-corrected chi connectivity index (χ0v) is 18.2. The molecule has 1 aliphatic carbocycles. The highest BCUT2D eigenvalue weighted by atomic mass is 32.2. The summed E-state index contributed by atoms with van der Waals surface area (Å²) in [5, 5.41) is 4.45. The molecule has 2 aromatic carbocycles. The maximum absolute atomic E-state index is 13.0. The zero-order valence-electron chi connectivity index (χ0n) is 17.4. The minimum atomic E-state index is -0.0424. The van der Waals surface area contributed by atoms with Crippen LogP contribution in [0.4, 0.5) is 0 Å². The number of fused-ring (bicyclic) bond motifs is 1. The summed E-state index contributed by atoms with van der Waals surface area (Å²) in [6, 6.07) is 17.7. The van der Waals surface area contributed by atoms with Gasteiger partial charge in [-0.3, -0.25) is 14.2 Å². The molecule has 0 radical (unpaired) electrons. The summed E-state index contributed by atoms with van der Waals surface area (Å²) >= 11 is 1.35. The van der Waals surface area contributed by atoms with Gasteiger partial charge in [-0.15, -0.1) is 0 Å². The zero-order chi connectivity index (χ0) is 21.1. The number of rotatable bonds is 8. The highest BCUT2D eigenvalue weighted by molar-refractivity contribution is 7.99. The summed E-state index contributed by atoms with van der Waals surface area (Å²) in [7, 11) is 0. The first-order valence-corrected chi connectivity index (χ1v) is 11.5. The largest absolute Gasteiger partial charge is 0.349 e. The fraction of sp³-hybridized carbons (Fsp3) is 0.375. The van der Waals surface area contributed by atoms with Crippen LogP contribution in [0.15, 0.2) is 64.5 Å². The highest BCUT2D eigenvalue weighted by Gasteiger charge is 2.29. The quantitative estimate of drug-likeness (QED) is 0.422. The van der Waals surface area contributed by atoms with E-state index in [1.807, 2.05) is 42.5 Å². The van der Waals surface area contributed by atoms with Crippen LogP contribution in [0, 0.1) is 5.92 Å². The molecular weight excluding hydrogens is 394 g/mol. The van der Waals surface area contributed by atoms with E-state index in [9.17, 15) is 9.59 Å². The first kappa shape index (κ1) is 20.7. The molecule has 1 N–H and O–H groups in total. The maximum Gasteiger partial charge on any atom is 0.262 e. The summed E-state index contributed by atoms with van der Waals surface area (Å²) in [6.07, 6.45) is 2.86. The van der Waals surface area contributed by atoms with Gasteiger partial charge in [0.25, 0.3) is 5.56 Å². The van der Waals surface area contributed by atoms with Crippen LogP contribution in [0.1, 0.15) is 50.8 Å². The number of amides is 1. The van der Waals surface area contributed by atoms with Gasteiger partial charge in [0.2, 0.25) is 5.91 Å². The van der Waals surface area contributed by atoms with Crippen LogP contribution in [0.2, 0.25) is 0 Å². The summed E-state index contributed by atoms with van der Waals surface area (Å²) in [4.78, 5) is 30.4. The van der Waals surface area contributed by atoms with E-state index in [4.69, 9.17) is 4.98 Å². The molecular formula is C24H27N3O2S. The van der Waals surface area contributed by atoms with Crippen LogP contribution in [0.5, 0.6) is 0 Å². The van der Waals surface area contributed by atoms with Gasteiger partial charge in [0.15, 0.2) is 5.16 Å². The second-order valence-electron chi connectivity index (χ2n) is 8.27. The van der Waals surface area contributed by atoms with Gasteiger partial charge < -0.3 is 5.32 Å². The van der Waals surface area contributed by atoms with E-state index in [2.05, 4.69) is 31.3 Å². The number of carbonyl (C=O) groups is 1. The molecule has 6 heteroatoms. The Balaban J connectivity index is 1.51. The predicted molar refractivity (Wildman–Crippen MR) is 122 cm³/mol. The molecule has 0 bridgehead atoms. The molecule has 0 spiro atoms. The lowest BCUT2D eigenvalue weighted by Crippen LogP contribution is -2.31. The molecule has 1 fully saturated rings. The van der Waals surface area contributed by atoms with Gasteiger partial charge >= 0.3 is 0 Å². The summed E-state index contributed by atoms with van der Waals surface area (Å²) in [6.45, 7) is 4.31. The number of hydrogen-bond acceptors (Lipinski definition) is 4. The number of hydrogen-bond donors (Lipinski definition) is 1. The Morgan fingerprint density at radius 3 is 2.53 bits per heavy atom. The molecule has 1 amide bonds. The number of thioether (sulfide) groups is 1. The summed E-state index contributed by atoms with van der Waals surface area (Å²) in [5.74, 6) is 0.656. The number of benzene rings is 2. The molecule has 1 heterocycles. The van der Waals surface area contributed by atoms with Crippen molar-refractivity contribution in [1.29, 1.82) is 0 Å². The minimum Gasteiger partial charge on any atom is -0.349 e. The van der Waals surface area contributed by atoms with E-state index in [1.54, 1.807) is 4.57 Å². The molecule has 4 rings (SSSR count). The van der Waals surface area contributed by atoms with E-state index < -0.39 is 0 Å². The molecule has 30 heavy (non-hydrogen) atoms. The first-order chi connectivity index (χ1) is 14.5. The number of nitrogens with one attached hydrogen (secondary N) is 1. The second-order valence-corrected chi connectivity index (χ2v) is 9.21. The van der Waals surface area contributed by atoms with Crippen molar-refractivity contribution in [1.82, 2.24) is 14.9 Å². The number of para-hydroxylation sites is 1. The molecule has 1 atom stereocenters. The van der Waals surface area contributed by atoms with Gasteiger partial charge in [-0.25, -0.2) is 4.98 Å². The van der Waals surface area contributed by atoms with E-state index >= 15 is 0 Å². The van der Waals surface area contributed by atoms with Gasteiger partial charge in [0.05, 0.1) is 22.7 Å². The average Bonchev–Trinajstić information content (AvgIpc) is 3.57. The Morgan fingerprint density at radius 1 is 1.13 bits per heavy atom. The molecule has 0 saturated heterocycles. The van der Waals surface area contributed by atoms with E-state index in [-0.39, 0.29) is 29.3 Å². The van der Waals surface area contributed by atoms with Crippen molar-refractivity contribution in [3.05, 3.63) is 70.5 Å². The predicted octanol–water partition coefficient (Wildman–Crippen LogP) is 4.73. The van der Waals surface area contributed by atoms with Crippen LogP contribution in [0.3, 0.4) is 0 Å². The van der Waals surface area contributed by atoms with Crippen molar-refractivity contribution >= 4 is 28.6 Å². The average molecular weight is 422 g/mol. The molecule has 0 aliphatic heterocycles. The van der Waals surface area contributed by atoms with Crippen molar-refractivity contribution in [3.63, 3.8) is 0 Å². The SMILES string of the molecule is CC(C)CC(NC(=O)CSc1nc2ccccc2c(=O)n1C1CC1)c1ccccc1. The number of aromatic nitrogens is 2. The van der Waals surface area contributed by atoms with Crippen molar-refractivity contribution < 1.29 is 4.79 Å². The van der Waals surface area contributed by atoms with E-state index in [0.717, 1.165) is 24.8 Å². The van der Waals surface area contributed by atoms with Crippen LogP contribution >= 0.6 is 11.8 Å². The standard InChI is InChI=1S/C24H27N3O2S/c1-16(2)14-21(17-8-4-3-5-9-17)25-22(28)15-30-24-26-20-11-7-6-10-19(20)23(29)27(24)18-12-13-18/h3-11,16,18,21H,12-15H2,1-2H3,(H,25,28). The van der Waals surface area contributed by atoms with Gasteiger partial charge in [-0.1, -0.05) is 68.1 Å². The third kappa shape index (κ3) is 4.75. The molecule has 1 aliphatic rings. The number of nitrogens with zero attached hydrogens (tertiary/aromatic N) is 2. The van der Waals surface area contributed by atoms with Gasteiger partial charge in [-0.05, 0) is 42.9 Å². The van der Waals surface area contributed by atoms with Gasteiger partial charge in [0, 0.05) is 6.04 Å². The Kier molecular flexibility index (Phi) is 6.23. The normalized spacial score (nSPS) is 14.8. The van der Waals surface area contributed by atoms with Crippen molar-refractivity contribution in [2.24, 2.45) is 5.92 Å². The lowest BCUT2D eigenvalue weighted by Gasteiger charge is -2.21. The third-order valence-electron chi connectivity index (χ3n) is 5.26. The fourth-order valence-electron chi connectivity index (χ4n) is 3.68. The molecule has 156 valence electrons. The lowest BCUT2D eigenvalue weighted by atomic mass is 9.97. The Morgan fingerprint density at radius 2 is 1.83 bits per heavy atom. The maximum atomic E-state index is 13.0. The van der Waals surface area contributed by atoms with Crippen LogP contribution in [-0.4, -0.2) is 21.2 Å². The van der Waals surface area contributed by atoms with Gasteiger partial charge in [-0.2, -0.15) is 0 Å². The van der Waals surface area contributed by atoms with Crippen LogP contribution in [-0.2, 0) is 4.79 Å². The van der Waals surface area contributed by atoms with Gasteiger partial charge in [0.1, 0.15) is 0 Å². The minimum absolute atomic E-state index is 0.00650. The molecule has 3 aromatic rings. The molecule has 1 aromatic heterocycles. The first-order valence-electron chi connectivity index (χ1n) is 10.5. The highest BCUT2D eigenvalue weighted by Crippen LogP contribution is 2.36. The molecule has 1 saturated carbocycles. The molecule has 5 nitrogen and oxygen atoms in total. The van der Waals surface area contributed by atoms with Crippen LogP contribution in [0.25, 0.3) is 10.9 Å². The summed E-state index contributed by atoms with van der Waals surface area (Å²) in [5.41, 5.74) is 1.79. The Hall–Kier alpha value is -2.60. The summed E-state index contributed by atoms with van der Waals surface area (Å²) < 4.78 is 1.78. The second kappa shape index (κ2) is 9.04. The van der Waals surface area contributed by atoms with E-state index in [1.165, 1.54) is 11.8 Å². The van der Waals surface area contributed by atoms with Crippen molar-refractivity contribution in [3.8, 4) is 0 Å². The smallest absolute Gasteiger partial charge is 0.262 e. The molecule has 1 unspecified atom stereocenters. The van der Waals surface area contributed by atoms with Crippen molar-refractivity contribution in [2.45, 2.75) is 50.4 Å². The lowest BCUT2D eigenvalue weighted by molar-refractivity contribution is -0.119. The Bertz CT molecular complexity index is 1090. The van der Waals surface area contributed by atoms with Crippen LogP contribution < -0.4 is 10.9 Å². The third-order valence-corrected chi connectivity index (χ3v) is 6.22. The fourth-order valence-corrected chi connectivity index (χ4v) is 4.56.